The highest BCUT2D eigenvalue weighted by molar-refractivity contribution is 6.50. The fourth-order valence-electron chi connectivity index (χ4n) is 1.76. The van der Waals surface area contributed by atoms with Crippen molar-refractivity contribution in [3.8, 4) is 0 Å². The average Bonchev–Trinajstić information content (AvgIpc) is 2.39. The van der Waals surface area contributed by atoms with E-state index in [4.69, 9.17) is 10.3 Å². The first-order valence-corrected chi connectivity index (χ1v) is 6.64. The van der Waals surface area contributed by atoms with E-state index in [0.29, 0.717) is 24.5 Å². The Bertz CT molecular complexity index is 432. The highest BCUT2D eigenvalue weighted by atomic mass is 19.5. The topological polar surface area (TPSA) is 48.9 Å². The van der Waals surface area contributed by atoms with Gasteiger partial charge in [-0.05, 0) is 26.8 Å². The molecule has 0 atom stereocenters. The summed E-state index contributed by atoms with van der Waals surface area (Å²) in [4.78, 5) is 5.50. The van der Waals surface area contributed by atoms with Gasteiger partial charge in [0.2, 0.25) is 5.76 Å². The lowest BCUT2D eigenvalue weighted by Gasteiger charge is -2.24. The van der Waals surface area contributed by atoms with Crippen molar-refractivity contribution >= 4 is 13.0 Å². The molecule has 4 nitrogen and oxygen atoms in total. The molecule has 1 aliphatic rings. The van der Waals surface area contributed by atoms with Crippen molar-refractivity contribution in [1.29, 1.82) is 0 Å². The maximum atomic E-state index is 9.75. The summed E-state index contributed by atoms with van der Waals surface area (Å²) in [5, 5.41) is 0. The molecule has 0 spiro atoms. The lowest BCUT2D eigenvalue weighted by molar-refractivity contribution is -0.0119. The molecule has 0 aromatic carbocycles. The van der Waals surface area contributed by atoms with E-state index in [1.54, 1.807) is 0 Å². The zero-order valence-electron chi connectivity index (χ0n) is 12.3. The second-order valence-electron chi connectivity index (χ2n) is 3.99. The van der Waals surface area contributed by atoms with E-state index in [0.717, 1.165) is 18.8 Å². The van der Waals surface area contributed by atoms with E-state index in [1.807, 2.05) is 13.0 Å². The summed E-state index contributed by atoms with van der Waals surface area (Å²) in [7, 11) is -6.00. The van der Waals surface area contributed by atoms with Crippen molar-refractivity contribution in [1.82, 2.24) is 4.90 Å². The van der Waals surface area contributed by atoms with Gasteiger partial charge in [-0.2, -0.15) is 4.79 Å². The summed E-state index contributed by atoms with van der Waals surface area (Å²) in [5.41, 5.74) is 10.6. The van der Waals surface area contributed by atoms with Gasteiger partial charge >= 0.3 is 13.0 Å². The maximum absolute atomic E-state index is 9.75. The van der Waals surface area contributed by atoms with Crippen molar-refractivity contribution in [2.45, 2.75) is 27.2 Å². The van der Waals surface area contributed by atoms with Crippen molar-refractivity contribution in [3.05, 3.63) is 29.1 Å². The van der Waals surface area contributed by atoms with Crippen LogP contribution in [-0.2, 0) is 4.74 Å². The molecule has 0 fully saturated rings. The van der Waals surface area contributed by atoms with Crippen LogP contribution in [0.15, 0.2) is 23.6 Å². The fraction of sp³-hybridized carbons (Fsp3) is 0.583. The van der Waals surface area contributed by atoms with Crippen LogP contribution in [0.25, 0.3) is 5.53 Å². The zero-order chi connectivity index (χ0) is 16.5. The molecule has 1 aliphatic carbocycles. The van der Waals surface area contributed by atoms with Gasteiger partial charge in [-0.15, -0.1) is 0 Å². The van der Waals surface area contributed by atoms with Crippen LogP contribution >= 0.6 is 0 Å². The molecule has 0 unspecified atom stereocenters. The molecular weight excluding hydrogens is 289 g/mol. The Morgan fingerprint density at radius 2 is 1.76 bits per heavy atom. The molecule has 0 bridgehead atoms. The lowest BCUT2D eigenvalue weighted by Crippen LogP contribution is -2.24. The highest BCUT2D eigenvalue weighted by Crippen LogP contribution is 2.18. The zero-order valence-corrected chi connectivity index (χ0v) is 12.3. The van der Waals surface area contributed by atoms with E-state index in [9.17, 15) is 17.3 Å². The molecule has 0 amide bonds. The second-order valence-corrected chi connectivity index (χ2v) is 3.99. The SMILES string of the molecule is CCOC1=CC(N(CC)CC)=CCC1=[N+]=[N-].F[B-](F)(F)F. The largest absolute Gasteiger partial charge is 0.673 e. The summed E-state index contributed by atoms with van der Waals surface area (Å²) in [6.07, 6.45) is 4.62. The number of nitrogens with zero attached hydrogens (tertiary/aromatic N) is 3. The van der Waals surface area contributed by atoms with Gasteiger partial charge in [0.15, 0.2) is 0 Å². The molecule has 120 valence electrons. The van der Waals surface area contributed by atoms with E-state index in [1.165, 1.54) is 0 Å². The summed E-state index contributed by atoms with van der Waals surface area (Å²) in [6.45, 7) is 8.66. The first-order chi connectivity index (χ1) is 9.76. The van der Waals surface area contributed by atoms with Crippen LogP contribution in [0.1, 0.15) is 27.2 Å². The van der Waals surface area contributed by atoms with E-state index >= 15 is 0 Å². The van der Waals surface area contributed by atoms with Gasteiger partial charge in [0, 0.05) is 24.9 Å². The number of halogens is 4. The number of hydrogen-bond donors (Lipinski definition) is 0. The fourth-order valence-corrected chi connectivity index (χ4v) is 1.76. The van der Waals surface area contributed by atoms with Gasteiger partial charge in [0.05, 0.1) is 13.0 Å². The summed E-state index contributed by atoms with van der Waals surface area (Å²) >= 11 is 0. The lowest BCUT2D eigenvalue weighted by atomic mass is 10.1. The van der Waals surface area contributed by atoms with Crippen LogP contribution in [-0.4, -0.2) is 42.4 Å². The molecule has 0 saturated heterocycles. The Balaban J connectivity index is 0.000000690. The monoisotopic (exact) mass is 308 g/mol. The third-order valence-corrected chi connectivity index (χ3v) is 2.62. The van der Waals surface area contributed by atoms with Crippen LogP contribution < -0.4 is 0 Å². The Kier molecular flexibility index (Phi) is 8.46. The van der Waals surface area contributed by atoms with Gasteiger partial charge < -0.3 is 32.4 Å². The number of rotatable bonds is 5. The molecule has 21 heavy (non-hydrogen) atoms. The molecule has 0 saturated carbocycles. The summed E-state index contributed by atoms with van der Waals surface area (Å²) in [5.74, 6) is 0.675. The highest BCUT2D eigenvalue weighted by Gasteiger charge is 2.22. The van der Waals surface area contributed by atoms with E-state index in [2.05, 4.69) is 29.6 Å². The minimum absolute atomic E-state index is 0.580. The molecule has 1 rings (SSSR count). The minimum Gasteiger partial charge on any atom is -0.487 e. The second kappa shape index (κ2) is 9.23. The van der Waals surface area contributed by atoms with Crippen LogP contribution in [0, 0.1) is 0 Å². The first-order valence-electron chi connectivity index (χ1n) is 6.64. The molecule has 0 aliphatic heterocycles. The molecule has 0 radical (unpaired) electrons. The third-order valence-electron chi connectivity index (χ3n) is 2.62. The van der Waals surface area contributed by atoms with Crippen molar-refractivity contribution < 1.29 is 26.8 Å². The van der Waals surface area contributed by atoms with Crippen molar-refractivity contribution in [2.75, 3.05) is 19.7 Å². The molecule has 0 aromatic heterocycles. The molecular formula is C12H19BF4N3O-. The van der Waals surface area contributed by atoms with Crippen LogP contribution in [0.2, 0.25) is 0 Å². The predicted octanol–water partition coefficient (Wildman–Crippen LogP) is 3.51. The Morgan fingerprint density at radius 3 is 2.14 bits per heavy atom. The quantitative estimate of drug-likeness (QED) is 0.338. The minimum atomic E-state index is -6.00. The average molecular weight is 308 g/mol. The van der Waals surface area contributed by atoms with Gasteiger partial charge in [-0.25, -0.2) is 0 Å². The van der Waals surface area contributed by atoms with Crippen LogP contribution in [0.4, 0.5) is 17.3 Å². The number of likely N-dealkylation sites (N-methyl/N-ethyl adjacent to an activating group) is 1. The number of hydrogen-bond acceptors (Lipinski definition) is 2. The molecule has 9 heteroatoms. The third kappa shape index (κ3) is 8.19. The van der Waals surface area contributed by atoms with Crippen LogP contribution in [0.5, 0.6) is 0 Å². The number of allylic oxidation sites excluding steroid dienone is 3. The molecule has 0 heterocycles. The van der Waals surface area contributed by atoms with Gasteiger partial charge in [-0.3, -0.25) is 0 Å². The van der Waals surface area contributed by atoms with Gasteiger partial charge in [-0.1, -0.05) is 0 Å². The Morgan fingerprint density at radius 1 is 1.24 bits per heavy atom. The smallest absolute Gasteiger partial charge is 0.487 e. The molecule has 0 N–H and O–H groups in total. The van der Waals surface area contributed by atoms with Crippen molar-refractivity contribution in [3.63, 3.8) is 0 Å². The summed E-state index contributed by atoms with van der Waals surface area (Å²) < 4.78 is 44.5. The van der Waals surface area contributed by atoms with Crippen LogP contribution in [0.3, 0.4) is 0 Å². The van der Waals surface area contributed by atoms with E-state index in [-0.39, 0.29) is 0 Å². The Hall–Kier alpha value is -1.76. The number of ether oxygens (including phenoxy) is 1. The van der Waals surface area contributed by atoms with E-state index < -0.39 is 7.25 Å². The van der Waals surface area contributed by atoms with Gasteiger partial charge in [0.25, 0.3) is 0 Å². The normalized spacial score (nSPS) is 14.3. The molecule has 0 aromatic rings. The maximum Gasteiger partial charge on any atom is 0.673 e. The first kappa shape index (κ1) is 19.2. The standard InChI is InChI=1S/C12H19N3O.BF4/c1-4-15(5-2)10-7-8-11(14-13)12(9-10)16-6-3;2-1(3,4)5/h7,9H,4-6,8H2,1-3H3;/q;-1. The summed E-state index contributed by atoms with van der Waals surface area (Å²) in [6, 6.07) is 0. The Labute approximate surface area is 121 Å². The predicted molar refractivity (Wildman–Crippen MR) is 74.1 cm³/mol. The van der Waals surface area contributed by atoms with Crippen molar-refractivity contribution in [2.24, 2.45) is 0 Å². The van der Waals surface area contributed by atoms with Gasteiger partial charge in [0.1, 0.15) is 0 Å².